The van der Waals surface area contributed by atoms with E-state index in [1.54, 1.807) is 12.1 Å². The van der Waals surface area contributed by atoms with Crippen LogP contribution >= 0.6 is 0 Å². The molecule has 0 amide bonds. The van der Waals surface area contributed by atoms with Gasteiger partial charge in [0.25, 0.3) is 0 Å². The predicted molar refractivity (Wildman–Crippen MR) is 76.5 cm³/mol. The lowest BCUT2D eigenvalue weighted by Crippen LogP contribution is -2.04. The Hall–Kier alpha value is -2.55. The molecule has 0 radical (unpaired) electrons. The number of fused-ring (bicyclic) bond motifs is 1. The van der Waals surface area contributed by atoms with Crippen LogP contribution in [0.3, 0.4) is 0 Å². The van der Waals surface area contributed by atoms with Gasteiger partial charge in [-0.1, -0.05) is 42.5 Å². The molecule has 3 aromatic rings. The van der Waals surface area contributed by atoms with Crippen molar-refractivity contribution in [3.63, 3.8) is 0 Å². The number of furan rings is 1. The van der Waals surface area contributed by atoms with Gasteiger partial charge in [0, 0.05) is 10.8 Å². The highest BCUT2D eigenvalue weighted by Gasteiger charge is 2.12. The number of carbonyl (C=O) groups is 1. The minimum absolute atomic E-state index is 0.141. The Bertz CT molecular complexity index is 741. The van der Waals surface area contributed by atoms with Gasteiger partial charge in [-0.15, -0.1) is 0 Å². The molecule has 3 nitrogen and oxygen atoms in total. The van der Waals surface area contributed by atoms with Gasteiger partial charge < -0.3 is 9.15 Å². The fourth-order valence-electron chi connectivity index (χ4n) is 2.22. The number of carbonyl (C=O) groups excluding carboxylic acids is 1. The maximum Gasteiger partial charge on any atom is 0.338 e. The van der Waals surface area contributed by atoms with E-state index >= 15 is 0 Å². The van der Waals surface area contributed by atoms with E-state index < -0.39 is 0 Å². The van der Waals surface area contributed by atoms with E-state index in [9.17, 15) is 4.79 Å². The normalized spacial score (nSPS) is 10.7. The van der Waals surface area contributed by atoms with E-state index in [2.05, 4.69) is 0 Å². The van der Waals surface area contributed by atoms with Gasteiger partial charge in [-0.25, -0.2) is 4.79 Å². The number of ether oxygens (including phenoxy) is 1. The lowest BCUT2D eigenvalue weighted by molar-refractivity contribution is 0.0447. The van der Waals surface area contributed by atoms with Gasteiger partial charge in [0.05, 0.1) is 5.56 Å². The van der Waals surface area contributed by atoms with Crippen molar-refractivity contribution in [1.29, 1.82) is 0 Å². The molecule has 0 spiro atoms. The topological polar surface area (TPSA) is 39.4 Å². The number of benzene rings is 2. The molecule has 3 heteroatoms. The highest BCUT2D eigenvalue weighted by molar-refractivity contribution is 5.90. The predicted octanol–water partition coefficient (Wildman–Crippen LogP) is 4.10. The first-order valence-corrected chi connectivity index (χ1v) is 6.45. The number of aryl methyl sites for hydroxylation is 1. The molecule has 1 aromatic heterocycles. The zero-order valence-corrected chi connectivity index (χ0v) is 11.1. The number of rotatable bonds is 3. The van der Waals surface area contributed by atoms with Crippen molar-refractivity contribution >= 4 is 16.7 Å². The standard InChI is InChI=1S/C17H14O3/c1-12-14-9-5-6-10-15(14)16(20-12)11-19-17(18)13-7-3-2-4-8-13/h2-10H,11H2,1H3. The summed E-state index contributed by atoms with van der Waals surface area (Å²) in [6.07, 6.45) is 0. The van der Waals surface area contributed by atoms with E-state index in [-0.39, 0.29) is 12.6 Å². The summed E-state index contributed by atoms with van der Waals surface area (Å²) in [5.74, 6) is 1.18. The number of hydrogen-bond acceptors (Lipinski definition) is 3. The molecule has 0 aliphatic rings. The Morgan fingerprint density at radius 2 is 1.65 bits per heavy atom. The van der Waals surface area contributed by atoms with Crippen LogP contribution in [-0.4, -0.2) is 5.97 Å². The Kier molecular flexibility index (Phi) is 3.25. The van der Waals surface area contributed by atoms with Gasteiger partial charge in [-0.3, -0.25) is 0 Å². The molecular formula is C17H14O3. The highest BCUT2D eigenvalue weighted by atomic mass is 16.5. The van der Waals surface area contributed by atoms with Crippen LogP contribution in [0.15, 0.2) is 59.0 Å². The Balaban J connectivity index is 1.79. The summed E-state index contributed by atoms with van der Waals surface area (Å²) in [6, 6.07) is 16.8. The largest absolute Gasteiger partial charge is 0.461 e. The molecule has 2 aromatic carbocycles. The molecular weight excluding hydrogens is 252 g/mol. The van der Waals surface area contributed by atoms with Crippen LogP contribution in [0.2, 0.25) is 0 Å². The molecule has 100 valence electrons. The lowest BCUT2D eigenvalue weighted by Gasteiger charge is -2.03. The number of esters is 1. The first-order chi connectivity index (χ1) is 9.75. The fourth-order valence-corrected chi connectivity index (χ4v) is 2.22. The second-order valence-electron chi connectivity index (χ2n) is 4.57. The third-order valence-electron chi connectivity index (χ3n) is 3.23. The Labute approximate surface area is 116 Å². The van der Waals surface area contributed by atoms with Gasteiger partial charge in [0.1, 0.15) is 18.1 Å². The van der Waals surface area contributed by atoms with Crippen molar-refractivity contribution in [3.05, 3.63) is 71.7 Å². The SMILES string of the molecule is Cc1oc(COC(=O)c2ccccc2)c2ccccc12. The quantitative estimate of drug-likeness (QED) is 0.670. The van der Waals surface area contributed by atoms with Crippen LogP contribution in [-0.2, 0) is 11.3 Å². The van der Waals surface area contributed by atoms with E-state index in [1.807, 2.05) is 49.4 Å². The summed E-state index contributed by atoms with van der Waals surface area (Å²) >= 11 is 0. The first kappa shape index (κ1) is 12.5. The van der Waals surface area contributed by atoms with Crippen LogP contribution in [0.25, 0.3) is 10.8 Å². The maximum atomic E-state index is 11.9. The smallest absolute Gasteiger partial charge is 0.338 e. The summed E-state index contributed by atoms with van der Waals surface area (Å²) < 4.78 is 11.0. The fraction of sp³-hybridized carbons (Fsp3) is 0.118. The molecule has 1 heterocycles. The second kappa shape index (κ2) is 5.21. The summed E-state index contributed by atoms with van der Waals surface area (Å²) in [5, 5.41) is 2.05. The summed E-state index contributed by atoms with van der Waals surface area (Å²) in [7, 11) is 0. The molecule has 0 atom stereocenters. The van der Waals surface area contributed by atoms with Gasteiger partial charge in [0.2, 0.25) is 0 Å². The summed E-state index contributed by atoms with van der Waals surface area (Å²) in [4.78, 5) is 11.9. The molecule has 3 rings (SSSR count). The third kappa shape index (κ3) is 2.30. The average Bonchev–Trinajstić information content (AvgIpc) is 2.83. The van der Waals surface area contributed by atoms with Gasteiger partial charge in [0.15, 0.2) is 0 Å². The van der Waals surface area contributed by atoms with E-state index in [1.165, 1.54) is 0 Å². The summed E-state index contributed by atoms with van der Waals surface area (Å²) in [6.45, 7) is 2.05. The molecule has 0 N–H and O–H groups in total. The van der Waals surface area contributed by atoms with Crippen LogP contribution in [0.5, 0.6) is 0 Å². The van der Waals surface area contributed by atoms with Gasteiger partial charge in [-0.05, 0) is 19.1 Å². The molecule has 0 fully saturated rings. The molecule has 0 unspecified atom stereocenters. The second-order valence-corrected chi connectivity index (χ2v) is 4.57. The molecule has 0 bridgehead atoms. The lowest BCUT2D eigenvalue weighted by atomic mass is 10.1. The average molecular weight is 266 g/mol. The zero-order valence-electron chi connectivity index (χ0n) is 11.1. The highest BCUT2D eigenvalue weighted by Crippen LogP contribution is 2.25. The zero-order chi connectivity index (χ0) is 13.9. The minimum Gasteiger partial charge on any atom is -0.461 e. The van der Waals surface area contributed by atoms with Gasteiger partial charge >= 0.3 is 5.97 Å². The van der Waals surface area contributed by atoms with Gasteiger partial charge in [-0.2, -0.15) is 0 Å². The van der Waals surface area contributed by atoms with Crippen LogP contribution in [0, 0.1) is 6.92 Å². The van der Waals surface area contributed by atoms with E-state index in [0.717, 1.165) is 16.5 Å². The van der Waals surface area contributed by atoms with E-state index in [0.29, 0.717) is 11.3 Å². The summed E-state index contributed by atoms with van der Waals surface area (Å²) in [5.41, 5.74) is 0.542. The van der Waals surface area contributed by atoms with Crippen molar-refractivity contribution in [2.45, 2.75) is 13.5 Å². The van der Waals surface area contributed by atoms with E-state index in [4.69, 9.17) is 9.15 Å². The van der Waals surface area contributed by atoms with Crippen LogP contribution in [0.4, 0.5) is 0 Å². The van der Waals surface area contributed by atoms with Crippen molar-refractivity contribution in [2.24, 2.45) is 0 Å². The molecule has 0 saturated carbocycles. The van der Waals surface area contributed by atoms with Crippen molar-refractivity contribution < 1.29 is 13.9 Å². The monoisotopic (exact) mass is 266 g/mol. The minimum atomic E-state index is -0.344. The third-order valence-corrected chi connectivity index (χ3v) is 3.23. The van der Waals surface area contributed by atoms with Crippen molar-refractivity contribution in [2.75, 3.05) is 0 Å². The number of hydrogen-bond donors (Lipinski definition) is 0. The van der Waals surface area contributed by atoms with Crippen molar-refractivity contribution in [3.8, 4) is 0 Å². The van der Waals surface area contributed by atoms with Crippen molar-refractivity contribution in [1.82, 2.24) is 0 Å². The maximum absolute atomic E-state index is 11.9. The Morgan fingerprint density at radius 1 is 1.00 bits per heavy atom. The van der Waals surface area contributed by atoms with Crippen LogP contribution < -0.4 is 0 Å². The molecule has 20 heavy (non-hydrogen) atoms. The molecule has 0 aliphatic carbocycles. The van der Waals surface area contributed by atoms with Crippen LogP contribution in [0.1, 0.15) is 21.9 Å². The first-order valence-electron chi connectivity index (χ1n) is 6.45. The molecule has 0 aliphatic heterocycles. The molecule has 0 saturated heterocycles. The Morgan fingerprint density at radius 3 is 2.40 bits per heavy atom.